The lowest BCUT2D eigenvalue weighted by molar-refractivity contribution is 0.393. The number of rotatable bonds is 1. The molecule has 0 aliphatic carbocycles. The molecule has 0 fully saturated rings. The third-order valence-corrected chi connectivity index (χ3v) is 1.65. The Labute approximate surface area is 66.8 Å². The van der Waals surface area contributed by atoms with Crippen molar-refractivity contribution in [2.45, 2.75) is 0 Å². The van der Waals surface area contributed by atoms with E-state index in [2.05, 4.69) is 20.9 Å². The van der Waals surface area contributed by atoms with Gasteiger partial charge in [-0.05, 0) is 15.9 Å². The number of halogens is 1. The topological polar surface area (TPSA) is 42.4 Å². The van der Waals surface area contributed by atoms with E-state index in [0.29, 0.717) is 10.4 Å². The molecule has 0 atom stereocenters. The minimum atomic E-state index is 0.112. The van der Waals surface area contributed by atoms with Gasteiger partial charge >= 0.3 is 0 Å². The molecule has 1 rings (SSSR count). The van der Waals surface area contributed by atoms with Gasteiger partial charge in [0.25, 0.3) is 0 Å². The summed E-state index contributed by atoms with van der Waals surface area (Å²) in [7, 11) is 1.52. The van der Waals surface area contributed by atoms with Crippen molar-refractivity contribution in [1.29, 1.82) is 0 Å². The highest BCUT2D eigenvalue weighted by molar-refractivity contribution is 9.10. The Bertz CT molecular complexity index is 239. The smallest absolute Gasteiger partial charge is 0.214 e. The summed E-state index contributed by atoms with van der Waals surface area (Å²) in [6.07, 6.45) is 1.32. The summed E-state index contributed by atoms with van der Waals surface area (Å²) < 4.78 is 5.38. The van der Waals surface area contributed by atoms with Crippen molar-refractivity contribution in [3.63, 3.8) is 0 Å². The van der Waals surface area contributed by atoms with Gasteiger partial charge in [-0.15, -0.1) is 0 Å². The van der Waals surface area contributed by atoms with E-state index >= 15 is 0 Å². The van der Waals surface area contributed by atoms with Crippen LogP contribution in [0.2, 0.25) is 0 Å². The zero-order valence-electron chi connectivity index (χ0n) is 5.34. The lowest BCUT2D eigenvalue weighted by atomic mass is 10.4. The SMILES string of the molecule is COc1cc(Br)c(O)cn1. The lowest BCUT2D eigenvalue weighted by Crippen LogP contribution is -1.85. The molecule has 0 aliphatic heterocycles. The minimum Gasteiger partial charge on any atom is -0.505 e. The van der Waals surface area contributed by atoms with Crippen LogP contribution in [0.4, 0.5) is 0 Å². The van der Waals surface area contributed by atoms with Crippen LogP contribution in [0.15, 0.2) is 16.7 Å². The predicted molar refractivity (Wildman–Crippen MR) is 40.2 cm³/mol. The maximum Gasteiger partial charge on any atom is 0.214 e. The zero-order chi connectivity index (χ0) is 7.56. The van der Waals surface area contributed by atoms with Gasteiger partial charge < -0.3 is 9.84 Å². The van der Waals surface area contributed by atoms with Crippen molar-refractivity contribution in [3.05, 3.63) is 16.7 Å². The normalized spacial score (nSPS) is 9.40. The summed E-state index contributed by atoms with van der Waals surface area (Å²) in [4.78, 5) is 3.76. The Morgan fingerprint density at radius 2 is 2.40 bits per heavy atom. The average molecular weight is 204 g/mol. The largest absolute Gasteiger partial charge is 0.505 e. The van der Waals surface area contributed by atoms with Gasteiger partial charge in [0.1, 0.15) is 5.75 Å². The molecule has 0 radical (unpaired) electrons. The lowest BCUT2D eigenvalue weighted by Gasteiger charge is -1.98. The molecule has 0 saturated heterocycles. The van der Waals surface area contributed by atoms with Crippen molar-refractivity contribution in [2.24, 2.45) is 0 Å². The van der Waals surface area contributed by atoms with Crippen molar-refractivity contribution >= 4 is 15.9 Å². The summed E-state index contributed by atoms with van der Waals surface area (Å²) in [6.45, 7) is 0. The van der Waals surface area contributed by atoms with E-state index in [1.165, 1.54) is 13.3 Å². The second-order valence-electron chi connectivity index (χ2n) is 1.68. The first-order chi connectivity index (χ1) is 4.74. The average Bonchev–Trinajstić information content (AvgIpc) is 1.95. The Hall–Kier alpha value is -0.770. The molecular weight excluding hydrogens is 198 g/mol. The highest BCUT2D eigenvalue weighted by Crippen LogP contribution is 2.24. The Kier molecular flexibility index (Phi) is 2.11. The highest BCUT2D eigenvalue weighted by atomic mass is 79.9. The van der Waals surface area contributed by atoms with Gasteiger partial charge in [0, 0.05) is 6.07 Å². The van der Waals surface area contributed by atoms with E-state index in [0.717, 1.165) is 0 Å². The van der Waals surface area contributed by atoms with E-state index in [4.69, 9.17) is 9.84 Å². The molecule has 10 heavy (non-hydrogen) atoms. The number of aromatic hydroxyl groups is 1. The van der Waals surface area contributed by atoms with E-state index in [1.54, 1.807) is 6.07 Å². The van der Waals surface area contributed by atoms with E-state index in [9.17, 15) is 0 Å². The molecule has 3 nitrogen and oxygen atoms in total. The molecule has 0 unspecified atom stereocenters. The van der Waals surface area contributed by atoms with Gasteiger partial charge in [0.05, 0.1) is 17.8 Å². The second-order valence-corrected chi connectivity index (χ2v) is 2.53. The molecule has 0 saturated carbocycles. The number of hydrogen-bond donors (Lipinski definition) is 1. The zero-order valence-corrected chi connectivity index (χ0v) is 6.92. The van der Waals surface area contributed by atoms with Gasteiger partial charge in [-0.2, -0.15) is 0 Å². The van der Waals surface area contributed by atoms with Crippen molar-refractivity contribution in [3.8, 4) is 11.6 Å². The van der Waals surface area contributed by atoms with E-state index in [1.807, 2.05) is 0 Å². The molecule has 0 aromatic carbocycles. The molecule has 0 bridgehead atoms. The fourth-order valence-corrected chi connectivity index (χ4v) is 0.816. The Morgan fingerprint density at radius 1 is 1.70 bits per heavy atom. The molecular formula is C6H6BrNO2. The van der Waals surface area contributed by atoms with Gasteiger partial charge in [0.15, 0.2) is 0 Å². The highest BCUT2D eigenvalue weighted by Gasteiger charge is 1.98. The molecule has 1 aromatic rings. The summed E-state index contributed by atoms with van der Waals surface area (Å²) >= 11 is 3.12. The molecule has 4 heteroatoms. The van der Waals surface area contributed by atoms with Gasteiger partial charge in [0.2, 0.25) is 5.88 Å². The second kappa shape index (κ2) is 2.88. The maximum absolute atomic E-state index is 8.97. The third-order valence-electron chi connectivity index (χ3n) is 1.02. The molecule has 1 aromatic heterocycles. The Balaban J connectivity index is 3.04. The summed E-state index contributed by atoms with van der Waals surface area (Å²) in [5.74, 6) is 0.588. The van der Waals surface area contributed by atoms with Gasteiger partial charge in [-0.1, -0.05) is 0 Å². The Morgan fingerprint density at radius 3 is 2.90 bits per heavy atom. The number of aromatic nitrogens is 1. The molecule has 1 heterocycles. The van der Waals surface area contributed by atoms with Crippen LogP contribution in [0.25, 0.3) is 0 Å². The van der Waals surface area contributed by atoms with Crippen LogP contribution in [-0.2, 0) is 0 Å². The van der Waals surface area contributed by atoms with E-state index in [-0.39, 0.29) is 5.75 Å². The summed E-state index contributed by atoms with van der Waals surface area (Å²) in [6, 6.07) is 1.59. The van der Waals surface area contributed by atoms with Crippen molar-refractivity contribution < 1.29 is 9.84 Å². The van der Waals surface area contributed by atoms with Gasteiger partial charge in [-0.3, -0.25) is 0 Å². The maximum atomic E-state index is 8.97. The molecule has 0 spiro atoms. The first-order valence-electron chi connectivity index (χ1n) is 2.62. The van der Waals surface area contributed by atoms with Crippen LogP contribution < -0.4 is 4.74 Å². The number of pyridine rings is 1. The third kappa shape index (κ3) is 1.39. The molecule has 0 amide bonds. The molecule has 1 N–H and O–H groups in total. The van der Waals surface area contributed by atoms with Gasteiger partial charge in [-0.25, -0.2) is 4.98 Å². The number of nitrogens with zero attached hydrogens (tertiary/aromatic N) is 1. The quantitative estimate of drug-likeness (QED) is 0.754. The molecule has 0 aliphatic rings. The molecule has 54 valence electrons. The van der Waals surface area contributed by atoms with Crippen LogP contribution >= 0.6 is 15.9 Å². The van der Waals surface area contributed by atoms with Crippen LogP contribution in [0.1, 0.15) is 0 Å². The standard InChI is InChI=1S/C6H6BrNO2/c1-10-6-2-4(7)5(9)3-8-6/h2-3,9H,1H3. The number of methoxy groups -OCH3 is 1. The monoisotopic (exact) mass is 203 g/mol. The fourth-order valence-electron chi connectivity index (χ4n) is 0.518. The minimum absolute atomic E-state index is 0.112. The number of ether oxygens (including phenoxy) is 1. The van der Waals surface area contributed by atoms with E-state index < -0.39 is 0 Å². The van der Waals surface area contributed by atoms with Crippen LogP contribution in [-0.4, -0.2) is 17.2 Å². The predicted octanol–water partition coefficient (Wildman–Crippen LogP) is 1.56. The van der Waals surface area contributed by atoms with Crippen molar-refractivity contribution in [2.75, 3.05) is 7.11 Å². The van der Waals surface area contributed by atoms with Crippen molar-refractivity contribution in [1.82, 2.24) is 4.98 Å². The van der Waals surface area contributed by atoms with Crippen LogP contribution in [0, 0.1) is 0 Å². The van der Waals surface area contributed by atoms with Crippen LogP contribution in [0.5, 0.6) is 11.6 Å². The first-order valence-corrected chi connectivity index (χ1v) is 3.42. The first kappa shape index (κ1) is 7.34. The number of hydrogen-bond acceptors (Lipinski definition) is 3. The summed E-state index contributed by atoms with van der Waals surface area (Å²) in [5.41, 5.74) is 0. The summed E-state index contributed by atoms with van der Waals surface area (Å²) in [5, 5.41) is 8.97. The fraction of sp³-hybridized carbons (Fsp3) is 0.167. The van der Waals surface area contributed by atoms with Crippen LogP contribution in [0.3, 0.4) is 0 Å².